The van der Waals surface area contributed by atoms with Crippen LogP contribution in [0.2, 0.25) is 0 Å². The third kappa shape index (κ3) is 4.02. The number of ketones is 1. The summed E-state index contributed by atoms with van der Waals surface area (Å²) < 4.78 is 0. The molecule has 1 fully saturated rings. The number of carbonyl (C=O) groups excluding carboxylic acids is 1. The quantitative estimate of drug-likeness (QED) is 0.840. The summed E-state index contributed by atoms with van der Waals surface area (Å²) in [4.78, 5) is 12.5. The first-order chi connectivity index (χ1) is 9.62. The minimum Gasteiger partial charge on any atom is -0.382 e. The van der Waals surface area contributed by atoms with Gasteiger partial charge >= 0.3 is 0 Å². The second-order valence-electron chi connectivity index (χ2n) is 7.39. The largest absolute Gasteiger partial charge is 0.382 e. The van der Waals surface area contributed by atoms with Crippen LogP contribution in [0.1, 0.15) is 46.1 Å². The Morgan fingerprint density at radius 1 is 1.10 bits per heavy atom. The lowest BCUT2D eigenvalue weighted by molar-refractivity contribution is -0.141. The lowest BCUT2D eigenvalue weighted by Gasteiger charge is -2.49. The molecule has 0 unspecified atom stereocenters. The molecular formula is C18H25NO2. The Kier molecular flexibility index (Phi) is 4.09. The van der Waals surface area contributed by atoms with Crippen molar-refractivity contribution in [3.05, 3.63) is 42.0 Å². The number of rotatable bonds is 3. The summed E-state index contributed by atoms with van der Waals surface area (Å²) in [6.07, 6.45) is 4.11. The molecule has 0 aromatic heterocycles. The maximum atomic E-state index is 12.5. The van der Waals surface area contributed by atoms with E-state index in [1.165, 1.54) is 6.08 Å². The first-order valence-corrected chi connectivity index (χ1v) is 7.41. The van der Waals surface area contributed by atoms with E-state index in [0.29, 0.717) is 12.8 Å². The standard InChI is InChI=1S/C18H25NO2/c1-16(2)12-18(21,13-17(3,4)19-16)15(20)11-10-14-8-6-5-7-9-14/h5-11,19,21H,12-13H2,1-4H3. The van der Waals surface area contributed by atoms with E-state index in [1.807, 2.05) is 58.0 Å². The third-order valence-electron chi connectivity index (χ3n) is 3.83. The van der Waals surface area contributed by atoms with Crippen LogP contribution in [-0.4, -0.2) is 27.6 Å². The highest BCUT2D eigenvalue weighted by atomic mass is 16.3. The minimum atomic E-state index is -1.30. The van der Waals surface area contributed by atoms with Gasteiger partial charge in [0, 0.05) is 23.9 Å². The van der Waals surface area contributed by atoms with Crippen LogP contribution >= 0.6 is 0 Å². The molecule has 3 heteroatoms. The summed E-state index contributed by atoms with van der Waals surface area (Å²) in [6.45, 7) is 8.08. The van der Waals surface area contributed by atoms with E-state index < -0.39 is 5.60 Å². The Labute approximate surface area is 127 Å². The number of carbonyl (C=O) groups is 1. The smallest absolute Gasteiger partial charge is 0.187 e. The van der Waals surface area contributed by atoms with Crippen LogP contribution in [0.25, 0.3) is 6.08 Å². The monoisotopic (exact) mass is 287 g/mol. The molecule has 1 aliphatic heterocycles. The van der Waals surface area contributed by atoms with E-state index >= 15 is 0 Å². The molecule has 1 aliphatic rings. The number of aliphatic hydroxyl groups is 1. The third-order valence-corrected chi connectivity index (χ3v) is 3.83. The Bertz CT molecular complexity index is 528. The molecule has 3 nitrogen and oxygen atoms in total. The normalized spacial score (nSPS) is 23.1. The fourth-order valence-electron chi connectivity index (χ4n) is 3.59. The SMILES string of the molecule is CC1(C)CC(O)(C(=O)C=Cc2ccccc2)CC(C)(C)N1. The Morgan fingerprint density at radius 3 is 2.14 bits per heavy atom. The summed E-state index contributed by atoms with van der Waals surface area (Å²) >= 11 is 0. The zero-order valence-electron chi connectivity index (χ0n) is 13.3. The highest BCUT2D eigenvalue weighted by Gasteiger charge is 2.49. The van der Waals surface area contributed by atoms with Gasteiger partial charge in [-0.3, -0.25) is 4.79 Å². The van der Waals surface area contributed by atoms with Gasteiger partial charge in [0.2, 0.25) is 0 Å². The first kappa shape index (κ1) is 15.9. The van der Waals surface area contributed by atoms with Gasteiger partial charge in [-0.25, -0.2) is 0 Å². The average Bonchev–Trinajstić information content (AvgIpc) is 2.32. The molecule has 21 heavy (non-hydrogen) atoms. The summed E-state index contributed by atoms with van der Waals surface area (Å²) in [5.41, 5.74) is -0.884. The van der Waals surface area contributed by atoms with Crippen LogP contribution in [-0.2, 0) is 4.79 Å². The van der Waals surface area contributed by atoms with Crippen LogP contribution in [0.5, 0.6) is 0 Å². The summed E-state index contributed by atoms with van der Waals surface area (Å²) in [5.74, 6) is -0.214. The number of piperidine rings is 1. The van der Waals surface area contributed by atoms with Crippen LogP contribution in [0.3, 0.4) is 0 Å². The molecule has 1 heterocycles. The van der Waals surface area contributed by atoms with Crippen molar-refractivity contribution in [1.82, 2.24) is 5.32 Å². The molecule has 0 aliphatic carbocycles. The van der Waals surface area contributed by atoms with Gasteiger partial charge in [0.1, 0.15) is 5.60 Å². The molecule has 0 saturated carbocycles. The minimum absolute atomic E-state index is 0.214. The maximum absolute atomic E-state index is 12.5. The summed E-state index contributed by atoms with van der Waals surface area (Å²) in [5, 5.41) is 14.3. The predicted molar refractivity (Wildman–Crippen MR) is 86.0 cm³/mol. The van der Waals surface area contributed by atoms with E-state index in [4.69, 9.17) is 0 Å². The van der Waals surface area contributed by atoms with E-state index in [2.05, 4.69) is 5.32 Å². The van der Waals surface area contributed by atoms with Crippen molar-refractivity contribution in [2.75, 3.05) is 0 Å². The molecule has 1 aromatic carbocycles. The van der Waals surface area contributed by atoms with Gasteiger partial charge in [0.15, 0.2) is 5.78 Å². The first-order valence-electron chi connectivity index (χ1n) is 7.41. The van der Waals surface area contributed by atoms with Crippen molar-refractivity contribution in [2.24, 2.45) is 0 Å². The van der Waals surface area contributed by atoms with Gasteiger partial charge in [-0.15, -0.1) is 0 Å². The molecule has 2 N–H and O–H groups in total. The maximum Gasteiger partial charge on any atom is 0.187 e. The summed E-state index contributed by atoms with van der Waals surface area (Å²) in [7, 11) is 0. The van der Waals surface area contributed by atoms with Gasteiger partial charge in [-0.2, -0.15) is 0 Å². The summed E-state index contributed by atoms with van der Waals surface area (Å²) in [6, 6.07) is 9.66. The zero-order valence-corrected chi connectivity index (χ0v) is 13.3. The van der Waals surface area contributed by atoms with E-state index in [-0.39, 0.29) is 16.9 Å². The Hall–Kier alpha value is -1.45. The highest BCUT2D eigenvalue weighted by molar-refractivity contribution is 6.00. The van der Waals surface area contributed by atoms with Crippen LogP contribution in [0, 0.1) is 0 Å². The van der Waals surface area contributed by atoms with Gasteiger partial charge in [-0.05, 0) is 39.3 Å². The van der Waals surface area contributed by atoms with E-state index in [9.17, 15) is 9.90 Å². The Balaban J connectivity index is 2.19. The van der Waals surface area contributed by atoms with Gasteiger partial charge in [0.25, 0.3) is 0 Å². The molecule has 2 rings (SSSR count). The molecule has 1 saturated heterocycles. The van der Waals surface area contributed by atoms with Crippen molar-refractivity contribution in [2.45, 2.75) is 57.2 Å². The second kappa shape index (κ2) is 5.39. The molecule has 0 radical (unpaired) electrons. The van der Waals surface area contributed by atoms with Gasteiger partial charge in [-0.1, -0.05) is 36.4 Å². The zero-order chi connectivity index (χ0) is 15.7. The lowest BCUT2D eigenvalue weighted by Crippen LogP contribution is -2.65. The number of hydrogen-bond acceptors (Lipinski definition) is 3. The van der Waals surface area contributed by atoms with Crippen molar-refractivity contribution in [1.29, 1.82) is 0 Å². The fourth-order valence-corrected chi connectivity index (χ4v) is 3.59. The molecule has 1 aromatic rings. The predicted octanol–water partition coefficient (Wildman–Crippen LogP) is 2.94. The van der Waals surface area contributed by atoms with E-state index in [0.717, 1.165) is 5.56 Å². The van der Waals surface area contributed by atoms with Crippen LogP contribution in [0.15, 0.2) is 36.4 Å². The molecule has 0 atom stereocenters. The van der Waals surface area contributed by atoms with Crippen molar-refractivity contribution < 1.29 is 9.90 Å². The average molecular weight is 287 g/mol. The highest BCUT2D eigenvalue weighted by Crippen LogP contribution is 2.36. The van der Waals surface area contributed by atoms with E-state index in [1.54, 1.807) is 6.08 Å². The second-order valence-corrected chi connectivity index (χ2v) is 7.39. The van der Waals surface area contributed by atoms with Gasteiger partial charge in [0.05, 0.1) is 0 Å². The topological polar surface area (TPSA) is 49.3 Å². The molecule has 0 bridgehead atoms. The van der Waals surface area contributed by atoms with Crippen molar-refractivity contribution >= 4 is 11.9 Å². The molecule has 0 spiro atoms. The molecule has 0 amide bonds. The number of hydrogen-bond donors (Lipinski definition) is 2. The van der Waals surface area contributed by atoms with Crippen molar-refractivity contribution in [3.63, 3.8) is 0 Å². The number of nitrogens with one attached hydrogen (secondary N) is 1. The van der Waals surface area contributed by atoms with Crippen molar-refractivity contribution in [3.8, 4) is 0 Å². The van der Waals surface area contributed by atoms with Gasteiger partial charge < -0.3 is 10.4 Å². The Morgan fingerprint density at radius 2 is 1.62 bits per heavy atom. The molecular weight excluding hydrogens is 262 g/mol. The fraction of sp³-hybridized carbons (Fsp3) is 0.500. The lowest BCUT2D eigenvalue weighted by atomic mass is 9.71. The van der Waals surface area contributed by atoms with Crippen LogP contribution < -0.4 is 5.32 Å². The molecule has 114 valence electrons. The van der Waals surface area contributed by atoms with Crippen LogP contribution in [0.4, 0.5) is 0 Å². The number of benzene rings is 1.